The van der Waals surface area contributed by atoms with Gasteiger partial charge in [0.05, 0.1) is 0 Å². The number of nitrogens with zero attached hydrogens (tertiary/aromatic N) is 1. The number of nitrogens with one attached hydrogen (secondary N) is 1. The molecular formula is C22H25ClN2O2. The number of carbonyl (C=O) groups is 2. The Kier molecular flexibility index (Phi) is 6.17. The minimum Gasteiger partial charge on any atom is -0.352 e. The zero-order chi connectivity index (χ0) is 19.4. The van der Waals surface area contributed by atoms with E-state index < -0.39 is 0 Å². The molecule has 1 aliphatic heterocycles. The Morgan fingerprint density at radius 2 is 2.00 bits per heavy atom. The monoisotopic (exact) mass is 384 g/mol. The van der Waals surface area contributed by atoms with Crippen molar-refractivity contribution in [1.29, 1.82) is 0 Å². The molecule has 0 spiro atoms. The van der Waals surface area contributed by atoms with Gasteiger partial charge in [0.1, 0.15) is 0 Å². The molecule has 2 aromatic carbocycles. The minimum atomic E-state index is -0.0311. The second-order valence-electron chi connectivity index (χ2n) is 7.41. The molecule has 0 radical (unpaired) electrons. The Labute approximate surface area is 165 Å². The number of halogens is 1. The van der Waals surface area contributed by atoms with Gasteiger partial charge >= 0.3 is 0 Å². The fraction of sp³-hybridized carbons (Fsp3) is 0.364. The maximum Gasteiger partial charge on any atom is 0.258 e. The number of amides is 2. The Morgan fingerprint density at radius 1 is 1.19 bits per heavy atom. The van der Waals surface area contributed by atoms with Crippen molar-refractivity contribution in [2.45, 2.75) is 39.7 Å². The molecule has 5 heteroatoms. The van der Waals surface area contributed by atoms with E-state index in [0.29, 0.717) is 36.0 Å². The summed E-state index contributed by atoms with van der Waals surface area (Å²) in [6.07, 6.45) is 2.39. The summed E-state index contributed by atoms with van der Waals surface area (Å²) in [6, 6.07) is 13.1. The summed E-state index contributed by atoms with van der Waals surface area (Å²) in [4.78, 5) is 26.6. The summed E-state index contributed by atoms with van der Waals surface area (Å²) in [5.74, 6) is 0.386. The van der Waals surface area contributed by atoms with E-state index in [0.717, 1.165) is 29.7 Å². The molecule has 142 valence electrons. The third-order valence-electron chi connectivity index (χ3n) is 4.66. The molecule has 2 aromatic rings. The van der Waals surface area contributed by atoms with Crippen molar-refractivity contribution >= 4 is 29.1 Å². The molecule has 0 fully saturated rings. The molecule has 1 heterocycles. The van der Waals surface area contributed by atoms with E-state index >= 15 is 0 Å². The molecule has 0 atom stereocenters. The van der Waals surface area contributed by atoms with Crippen LogP contribution in [0.3, 0.4) is 0 Å². The molecule has 0 bridgehead atoms. The van der Waals surface area contributed by atoms with Gasteiger partial charge in [-0.25, -0.2) is 0 Å². The first-order valence-electron chi connectivity index (χ1n) is 9.40. The van der Waals surface area contributed by atoms with Crippen LogP contribution >= 0.6 is 11.6 Å². The number of aryl methyl sites for hydroxylation is 1. The Hall–Kier alpha value is -2.33. The molecule has 0 aromatic heterocycles. The lowest BCUT2D eigenvalue weighted by atomic mass is 9.98. The summed E-state index contributed by atoms with van der Waals surface area (Å²) in [6.45, 7) is 5.28. The third kappa shape index (κ3) is 4.89. The maximum atomic E-state index is 12.9. The van der Waals surface area contributed by atoms with Gasteiger partial charge in [-0.05, 0) is 54.2 Å². The van der Waals surface area contributed by atoms with E-state index in [4.69, 9.17) is 11.6 Å². The van der Waals surface area contributed by atoms with Gasteiger partial charge < -0.3 is 10.2 Å². The molecule has 0 saturated heterocycles. The van der Waals surface area contributed by atoms with E-state index in [2.05, 4.69) is 11.4 Å². The summed E-state index contributed by atoms with van der Waals surface area (Å²) < 4.78 is 0. The quantitative estimate of drug-likeness (QED) is 0.819. The van der Waals surface area contributed by atoms with Crippen molar-refractivity contribution in [1.82, 2.24) is 5.32 Å². The first-order chi connectivity index (χ1) is 12.9. The Morgan fingerprint density at radius 3 is 2.74 bits per heavy atom. The van der Waals surface area contributed by atoms with Crippen LogP contribution in [0.2, 0.25) is 5.02 Å². The lowest BCUT2D eigenvalue weighted by molar-refractivity contribution is -0.121. The number of rotatable bonds is 5. The van der Waals surface area contributed by atoms with E-state index in [1.54, 1.807) is 24.3 Å². The standard InChI is InChI=1S/C22H25ClN2O2/c1-15(2)11-21(26)24-14-16-8-9-20-17(12-16)6-4-10-25(20)22(27)18-5-3-7-19(23)13-18/h3,5,7-9,12-13,15H,4,6,10-11,14H2,1-2H3,(H,24,26). The van der Waals surface area contributed by atoms with Crippen LogP contribution in [0.15, 0.2) is 42.5 Å². The van der Waals surface area contributed by atoms with E-state index in [1.165, 1.54) is 0 Å². The van der Waals surface area contributed by atoms with E-state index in [1.807, 2.05) is 30.9 Å². The van der Waals surface area contributed by atoms with E-state index in [-0.39, 0.29) is 11.8 Å². The van der Waals surface area contributed by atoms with Crippen LogP contribution in [0.1, 0.15) is 48.2 Å². The largest absolute Gasteiger partial charge is 0.352 e. The SMILES string of the molecule is CC(C)CC(=O)NCc1ccc2c(c1)CCCN2C(=O)c1cccc(Cl)c1. The summed E-state index contributed by atoms with van der Waals surface area (Å²) in [5.41, 5.74) is 3.75. The van der Waals surface area contributed by atoms with E-state index in [9.17, 15) is 9.59 Å². The molecular weight excluding hydrogens is 360 g/mol. The van der Waals surface area contributed by atoms with Crippen LogP contribution in [0.5, 0.6) is 0 Å². The smallest absolute Gasteiger partial charge is 0.258 e. The first-order valence-corrected chi connectivity index (χ1v) is 9.78. The number of hydrogen-bond acceptors (Lipinski definition) is 2. The minimum absolute atomic E-state index is 0.0311. The molecule has 3 rings (SSSR count). The Balaban J connectivity index is 1.75. The Bertz CT molecular complexity index is 848. The second kappa shape index (κ2) is 8.57. The highest BCUT2D eigenvalue weighted by molar-refractivity contribution is 6.31. The zero-order valence-corrected chi connectivity index (χ0v) is 16.6. The van der Waals surface area contributed by atoms with Crippen molar-refractivity contribution in [2.24, 2.45) is 5.92 Å². The highest BCUT2D eigenvalue weighted by atomic mass is 35.5. The molecule has 1 aliphatic rings. The lowest BCUT2D eigenvalue weighted by Gasteiger charge is -2.30. The van der Waals surface area contributed by atoms with Gasteiger partial charge in [-0.1, -0.05) is 43.6 Å². The molecule has 2 amide bonds. The van der Waals surface area contributed by atoms with Crippen LogP contribution in [0.25, 0.3) is 0 Å². The highest BCUT2D eigenvalue weighted by Crippen LogP contribution is 2.29. The van der Waals surface area contributed by atoms with Gasteiger partial charge in [0.2, 0.25) is 5.91 Å². The third-order valence-corrected chi connectivity index (χ3v) is 4.90. The maximum absolute atomic E-state index is 12.9. The first kappa shape index (κ1) is 19.4. The fourth-order valence-electron chi connectivity index (χ4n) is 3.39. The summed E-state index contributed by atoms with van der Waals surface area (Å²) in [7, 11) is 0. The number of carbonyl (C=O) groups excluding carboxylic acids is 2. The molecule has 0 saturated carbocycles. The molecule has 4 nitrogen and oxygen atoms in total. The predicted octanol–water partition coefficient (Wildman–Crippen LogP) is 4.60. The number of hydrogen-bond donors (Lipinski definition) is 1. The van der Waals surface area contributed by atoms with Crippen LogP contribution in [-0.4, -0.2) is 18.4 Å². The predicted molar refractivity (Wildman–Crippen MR) is 109 cm³/mol. The fourth-order valence-corrected chi connectivity index (χ4v) is 3.58. The van der Waals surface area contributed by atoms with Gasteiger partial charge in [0.25, 0.3) is 5.91 Å². The summed E-state index contributed by atoms with van der Waals surface area (Å²) in [5, 5.41) is 3.53. The normalized spacial score (nSPS) is 13.4. The highest BCUT2D eigenvalue weighted by Gasteiger charge is 2.24. The van der Waals surface area contributed by atoms with Gasteiger partial charge in [-0.15, -0.1) is 0 Å². The number of benzene rings is 2. The van der Waals surface area contributed by atoms with Gasteiger partial charge in [0.15, 0.2) is 0 Å². The van der Waals surface area contributed by atoms with Crippen molar-refractivity contribution in [3.05, 3.63) is 64.2 Å². The van der Waals surface area contributed by atoms with Crippen LogP contribution < -0.4 is 10.2 Å². The number of anilines is 1. The lowest BCUT2D eigenvalue weighted by Crippen LogP contribution is -2.35. The van der Waals surface area contributed by atoms with Crippen molar-refractivity contribution < 1.29 is 9.59 Å². The molecule has 0 aliphatic carbocycles. The number of fused-ring (bicyclic) bond motifs is 1. The topological polar surface area (TPSA) is 49.4 Å². The average Bonchev–Trinajstić information content (AvgIpc) is 2.64. The van der Waals surface area contributed by atoms with Crippen molar-refractivity contribution in [3.8, 4) is 0 Å². The molecule has 27 heavy (non-hydrogen) atoms. The molecule has 0 unspecified atom stereocenters. The second-order valence-corrected chi connectivity index (χ2v) is 7.84. The van der Waals surface area contributed by atoms with Crippen molar-refractivity contribution in [3.63, 3.8) is 0 Å². The average molecular weight is 385 g/mol. The van der Waals surface area contributed by atoms with Crippen LogP contribution in [-0.2, 0) is 17.8 Å². The van der Waals surface area contributed by atoms with Crippen LogP contribution in [0.4, 0.5) is 5.69 Å². The van der Waals surface area contributed by atoms with Crippen molar-refractivity contribution in [2.75, 3.05) is 11.4 Å². The molecule has 1 N–H and O–H groups in total. The zero-order valence-electron chi connectivity index (χ0n) is 15.8. The van der Waals surface area contributed by atoms with Gasteiger partial charge in [-0.3, -0.25) is 9.59 Å². The van der Waals surface area contributed by atoms with Gasteiger partial charge in [-0.2, -0.15) is 0 Å². The summed E-state index contributed by atoms with van der Waals surface area (Å²) >= 11 is 6.04. The van der Waals surface area contributed by atoms with Gasteiger partial charge in [0, 0.05) is 35.8 Å². The van der Waals surface area contributed by atoms with Crippen LogP contribution in [0, 0.1) is 5.92 Å².